The maximum Gasteiger partial charge on any atom is 0.349 e. The maximum atomic E-state index is 15.4. The Morgan fingerprint density at radius 2 is 1.72 bits per heavy atom. The topological polar surface area (TPSA) is 164 Å². The van der Waals surface area contributed by atoms with Crippen molar-refractivity contribution >= 4 is 51.1 Å². The van der Waals surface area contributed by atoms with Gasteiger partial charge in [0.15, 0.2) is 5.82 Å². The molecule has 0 radical (unpaired) electrons. The van der Waals surface area contributed by atoms with E-state index in [9.17, 15) is 34.1 Å². The Kier molecular flexibility index (Phi) is 13.3. The van der Waals surface area contributed by atoms with Crippen LogP contribution in [-0.2, 0) is 26.5 Å². The summed E-state index contributed by atoms with van der Waals surface area (Å²) in [5.74, 6) is -2.88. The number of anilines is 1. The number of nitrogens with zero attached hydrogens (tertiary/aromatic N) is 1. The molecule has 6 rings (SSSR count). The lowest BCUT2D eigenvalue weighted by atomic mass is 9.91. The largest absolute Gasteiger partial charge is 0.506 e. The number of aliphatic hydroxyl groups excluding tert-OH is 1. The van der Waals surface area contributed by atoms with Gasteiger partial charge in [-0.15, -0.1) is 22.7 Å². The number of aromatic nitrogens is 1. The smallest absolute Gasteiger partial charge is 0.349 e. The van der Waals surface area contributed by atoms with Gasteiger partial charge in [-0.2, -0.15) is 0 Å². The van der Waals surface area contributed by atoms with Crippen molar-refractivity contribution in [2.75, 3.05) is 25.5 Å². The minimum atomic E-state index is -1.86. The molecular formula is C38H41F3N4O7S2. The second-order valence-electron chi connectivity index (χ2n) is 13.1. The Labute approximate surface area is 316 Å². The van der Waals surface area contributed by atoms with E-state index in [1.807, 2.05) is 11.9 Å². The number of phenols is 1. The number of nitrogens with one attached hydrogen (secondary N) is 3. The zero-order chi connectivity index (χ0) is 37.7. The third-order valence-electron chi connectivity index (χ3n) is 9.59. The van der Waals surface area contributed by atoms with E-state index in [2.05, 4.69) is 15.6 Å². The lowest BCUT2D eigenvalue weighted by molar-refractivity contribution is -0.169. The molecule has 0 saturated heterocycles. The Morgan fingerprint density at radius 3 is 2.37 bits per heavy atom. The molecule has 6 N–H and O–H groups in total. The summed E-state index contributed by atoms with van der Waals surface area (Å²) in [5, 5.41) is 41.8. The van der Waals surface area contributed by atoms with Crippen molar-refractivity contribution in [3.63, 3.8) is 0 Å². The Balaban J connectivity index is 0.00000561. The van der Waals surface area contributed by atoms with E-state index in [1.54, 1.807) is 35.0 Å². The maximum absolute atomic E-state index is 15.4. The second-order valence-corrected chi connectivity index (χ2v) is 15.0. The number of fused-ring (bicyclic) bond motifs is 1. The highest BCUT2D eigenvalue weighted by Gasteiger charge is 2.45. The molecule has 0 unspecified atom stereocenters. The number of carbonyl (C=O) groups excluding carboxylic acids is 2. The van der Waals surface area contributed by atoms with Gasteiger partial charge in [0.25, 0.3) is 0 Å². The second kappa shape index (κ2) is 17.7. The van der Waals surface area contributed by atoms with Crippen LogP contribution < -0.4 is 16.2 Å². The van der Waals surface area contributed by atoms with Crippen LogP contribution in [0.1, 0.15) is 59.1 Å². The molecule has 1 aliphatic rings. The number of pyridine rings is 1. The summed E-state index contributed by atoms with van der Waals surface area (Å²) in [6.07, 6.45) is 1.16. The minimum absolute atomic E-state index is 0. The molecule has 2 aromatic carbocycles. The van der Waals surface area contributed by atoms with Crippen LogP contribution in [-0.4, -0.2) is 69.4 Å². The lowest BCUT2D eigenvalue weighted by Gasteiger charge is -2.35. The van der Waals surface area contributed by atoms with Crippen molar-refractivity contribution in [1.82, 2.24) is 15.2 Å². The fraction of sp³-hybridized carbons (Fsp3) is 0.342. The first kappa shape index (κ1) is 40.6. The van der Waals surface area contributed by atoms with Crippen molar-refractivity contribution in [2.45, 2.75) is 62.5 Å². The van der Waals surface area contributed by atoms with Gasteiger partial charge in [0, 0.05) is 55.2 Å². The van der Waals surface area contributed by atoms with Crippen LogP contribution in [0.25, 0.3) is 10.9 Å². The Bertz CT molecular complexity index is 2070. The molecule has 288 valence electrons. The van der Waals surface area contributed by atoms with Gasteiger partial charge in [0.2, 0.25) is 17.1 Å². The normalized spacial score (nSPS) is 16.6. The van der Waals surface area contributed by atoms with Gasteiger partial charge in [-0.25, -0.2) is 13.6 Å². The zero-order valence-corrected chi connectivity index (χ0v) is 30.9. The highest BCUT2D eigenvalue weighted by Crippen LogP contribution is 2.38. The SMILES string of the molecule is CN(CCC(=O)Nc1cc(F)cc(CNC[C@H](O)c2ccc(O)c3[nH]c(=O)ccc23)c1F)C1CCC(OC(=O)C(O)(c2cccs2)c2cccs2)CC1.F. The van der Waals surface area contributed by atoms with Gasteiger partial charge in [-0.1, -0.05) is 18.2 Å². The molecule has 0 bridgehead atoms. The third kappa shape index (κ3) is 9.02. The van der Waals surface area contributed by atoms with Crippen molar-refractivity contribution in [3.8, 4) is 5.75 Å². The highest BCUT2D eigenvalue weighted by atomic mass is 32.1. The van der Waals surface area contributed by atoms with E-state index in [0.717, 1.165) is 12.1 Å². The number of benzene rings is 2. The van der Waals surface area contributed by atoms with Crippen LogP contribution in [0.4, 0.5) is 19.2 Å². The third-order valence-corrected chi connectivity index (χ3v) is 11.5. The van der Waals surface area contributed by atoms with Crippen LogP contribution in [0.2, 0.25) is 0 Å². The molecule has 1 atom stereocenters. The number of amides is 1. The Hall–Kier alpha value is -4.58. The molecule has 1 fully saturated rings. The first-order valence-corrected chi connectivity index (χ1v) is 18.9. The number of rotatable bonds is 14. The van der Waals surface area contributed by atoms with Gasteiger partial charge in [0.05, 0.1) is 27.1 Å². The van der Waals surface area contributed by atoms with Crippen LogP contribution in [0.3, 0.4) is 0 Å². The van der Waals surface area contributed by atoms with Crippen LogP contribution >= 0.6 is 22.7 Å². The molecular weight excluding hydrogens is 746 g/mol. The monoisotopic (exact) mass is 786 g/mol. The van der Waals surface area contributed by atoms with E-state index in [1.165, 1.54) is 46.9 Å². The van der Waals surface area contributed by atoms with Crippen molar-refractivity contribution < 1.29 is 43.1 Å². The number of hydrogen-bond donors (Lipinski definition) is 6. The zero-order valence-electron chi connectivity index (χ0n) is 29.2. The summed E-state index contributed by atoms with van der Waals surface area (Å²) in [4.78, 5) is 43.4. The quantitative estimate of drug-likeness (QED) is 0.0780. The molecule has 11 nitrogen and oxygen atoms in total. The molecule has 0 spiro atoms. The first-order valence-electron chi connectivity index (χ1n) is 17.2. The van der Waals surface area contributed by atoms with Gasteiger partial charge in [0.1, 0.15) is 17.7 Å². The van der Waals surface area contributed by atoms with Crippen LogP contribution in [0.5, 0.6) is 5.75 Å². The summed E-state index contributed by atoms with van der Waals surface area (Å²) < 4.78 is 35.8. The summed E-state index contributed by atoms with van der Waals surface area (Å²) in [7, 11) is 1.89. The lowest BCUT2D eigenvalue weighted by Crippen LogP contribution is -2.42. The number of carbonyl (C=O) groups is 2. The number of thiophene rings is 2. The molecule has 3 heterocycles. The molecule has 16 heteroatoms. The molecule has 3 aromatic heterocycles. The van der Waals surface area contributed by atoms with E-state index in [0.29, 0.717) is 52.9 Å². The predicted octanol–water partition coefficient (Wildman–Crippen LogP) is 5.66. The Morgan fingerprint density at radius 1 is 1.04 bits per heavy atom. The average Bonchev–Trinajstić information content (AvgIpc) is 3.89. The van der Waals surface area contributed by atoms with E-state index >= 15 is 4.39 Å². The summed E-state index contributed by atoms with van der Waals surface area (Å²) in [5.41, 5.74) is -2.02. The van der Waals surface area contributed by atoms with Gasteiger partial charge in [-0.05, 0) is 79.4 Å². The fourth-order valence-electron chi connectivity index (χ4n) is 6.67. The molecule has 1 aliphatic carbocycles. The fourth-order valence-corrected chi connectivity index (χ4v) is 8.39. The number of H-pyrrole nitrogens is 1. The number of aliphatic hydroxyl groups is 2. The standard InChI is InChI=1S/C38H40F2N4O7S2.FH/c1-44(24-6-8-25(9-7-24)51-37(49)38(50,31-4-2-16-52-31)32-5-3-17-53-32)15-14-34(48)42-28-19-23(39)18-22(35(28)40)20-41-21-30(46)26-10-12-29(45)36-27(26)11-13-33(47)43-36;/h2-5,10-13,16-19,24-25,30,41,45-46,50H,6-9,14-15,20-21H2,1H3,(H,42,48)(H,43,47);1H/t24?,25?,30-;/m0./s1. The number of ether oxygens (including phenoxy) is 1. The molecule has 54 heavy (non-hydrogen) atoms. The summed E-state index contributed by atoms with van der Waals surface area (Å²) in [6.45, 7) is 0.152. The number of aromatic hydroxyl groups is 1. The number of hydrogen-bond acceptors (Lipinski definition) is 11. The average molecular weight is 787 g/mol. The first-order chi connectivity index (χ1) is 25.4. The van der Waals surface area contributed by atoms with Gasteiger partial charge in [-0.3, -0.25) is 14.3 Å². The van der Waals surface area contributed by atoms with Crippen molar-refractivity contribution in [2.24, 2.45) is 0 Å². The minimum Gasteiger partial charge on any atom is -0.506 e. The van der Waals surface area contributed by atoms with Crippen molar-refractivity contribution in [3.05, 3.63) is 114 Å². The van der Waals surface area contributed by atoms with Crippen LogP contribution in [0.15, 0.2) is 76.2 Å². The number of esters is 1. The molecule has 5 aromatic rings. The van der Waals surface area contributed by atoms with E-state index in [-0.39, 0.29) is 58.9 Å². The molecule has 1 amide bonds. The number of halogens is 3. The predicted molar refractivity (Wildman–Crippen MR) is 201 cm³/mol. The van der Waals surface area contributed by atoms with Gasteiger partial charge < -0.3 is 40.6 Å². The number of aromatic amines is 1. The van der Waals surface area contributed by atoms with Crippen molar-refractivity contribution in [1.29, 1.82) is 0 Å². The molecule has 1 saturated carbocycles. The van der Waals surface area contributed by atoms with Gasteiger partial charge >= 0.3 is 5.97 Å². The molecule has 0 aliphatic heterocycles. The summed E-state index contributed by atoms with van der Waals surface area (Å²) in [6, 6.07) is 14.7. The van der Waals surface area contributed by atoms with E-state index in [4.69, 9.17) is 4.74 Å². The van der Waals surface area contributed by atoms with Crippen LogP contribution in [0, 0.1) is 11.6 Å². The summed E-state index contributed by atoms with van der Waals surface area (Å²) >= 11 is 2.58. The number of phenolic OH excluding ortho intramolecular Hbond substituents is 1. The van der Waals surface area contributed by atoms with E-state index < -0.39 is 40.8 Å². The highest BCUT2D eigenvalue weighted by molar-refractivity contribution is 7.12.